The lowest BCUT2D eigenvalue weighted by Crippen LogP contribution is -2.24. The van der Waals surface area contributed by atoms with Gasteiger partial charge in [0.1, 0.15) is 0 Å². The second-order valence-electron chi connectivity index (χ2n) is 5.28. The number of pyridine rings is 1. The van der Waals surface area contributed by atoms with Gasteiger partial charge in [-0.2, -0.15) is 0 Å². The maximum Gasteiger partial charge on any atom is 0.224 e. The predicted octanol–water partition coefficient (Wildman–Crippen LogP) is 2.51. The molecule has 2 amide bonds. The van der Waals surface area contributed by atoms with Crippen molar-refractivity contribution in [3.8, 4) is 0 Å². The van der Waals surface area contributed by atoms with Crippen molar-refractivity contribution in [2.45, 2.75) is 19.9 Å². The Balaban J connectivity index is 1.64. The fourth-order valence-corrected chi connectivity index (χ4v) is 3.20. The fourth-order valence-electron chi connectivity index (χ4n) is 2.22. The van der Waals surface area contributed by atoms with Crippen molar-refractivity contribution in [3.63, 3.8) is 0 Å². The Morgan fingerprint density at radius 2 is 2.08 bits per heavy atom. The third-order valence-corrected chi connectivity index (χ3v) is 4.23. The van der Waals surface area contributed by atoms with Crippen molar-refractivity contribution >= 4 is 38.5 Å². The molecule has 0 atom stereocenters. The van der Waals surface area contributed by atoms with Crippen molar-refractivity contribution in [2.24, 2.45) is 0 Å². The van der Waals surface area contributed by atoms with Crippen LogP contribution in [0.15, 0.2) is 42.6 Å². The largest absolute Gasteiger partial charge is 0.350 e. The van der Waals surface area contributed by atoms with E-state index in [0.29, 0.717) is 11.7 Å². The summed E-state index contributed by atoms with van der Waals surface area (Å²) in [6.07, 6.45) is 1.99. The van der Waals surface area contributed by atoms with Crippen LogP contribution in [0.4, 0.5) is 5.13 Å². The van der Waals surface area contributed by atoms with E-state index in [2.05, 4.69) is 20.6 Å². The van der Waals surface area contributed by atoms with Gasteiger partial charge in [-0.3, -0.25) is 14.6 Å². The molecule has 0 saturated carbocycles. The third kappa shape index (κ3) is 4.14. The van der Waals surface area contributed by atoms with Gasteiger partial charge < -0.3 is 10.6 Å². The SMILES string of the molecule is CC(=O)Nc1nc2ccc(CC(=O)NCc3ccccn3)cc2s1. The molecule has 2 heterocycles. The highest BCUT2D eigenvalue weighted by molar-refractivity contribution is 7.22. The molecule has 0 saturated heterocycles. The Kier molecular flexibility index (Phi) is 4.81. The van der Waals surface area contributed by atoms with Crippen LogP contribution in [0.1, 0.15) is 18.2 Å². The number of anilines is 1. The van der Waals surface area contributed by atoms with Crippen LogP contribution >= 0.6 is 11.3 Å². The number of hydrogen-bond donors (Lipinski definition) is 2. The summed E-state index contributed by atoms with van der Waals surface area (Å²) >= 11 is 1.39. The van der Waals surface area contributed by atoms with E-state index in [9.17, 15) is 9.59 Å². The zero-order chi connectivity index (χ0) is 16.9. The molecule has 122 valence electrons. The number of nitrogens with zero attached hydrogens (tertiary/aromatic N) is 2. The number of rotatable bonds is 5. The van der Waals surface area contributed by atoms with Gasteiger partial charge in [0.2, 0.25) is 11.8 Å². The number of benzene rings is 1. The molecule has 3 aromatic rings. The van der Waals surface area contributed by atoms with Crippen LogP contribution in [0.25, 0.3) is 10.2 Å². The van der Waals surface area contributed by atoms with Crippen molar-refractivity contribution in [1.29, 1.82) is 0 Å². The molecule has 0 aliphatic carbocycles. The van der Waals surface area contributed by atoms with Crippen LogP contribution in [0.3, 0.4) is 0 Å². The first-order chi connectivity index (χ1) is 11.6. The van der Waals surface area contributed by atoms with E-state index >= 15 is 0 Å². The smallest absolute Gasteiger partial charge is 0.224 e. The molecule has 1 aromatic carbocycles. The Morgan fingerprint density at radius 1 is 1.21 bits per heavy atom. The molecule has 7 heteroatoms. The highest BCUT2D eigenvalue weighted by atomic mass is 32.1. The molecule has 0 spiro atoms. The maximum absolute atomic E-state index is 12.1. The summed E-state index contributed by atoms with van der Waals surface area (Å²) in [6.45, 7) is 1.86. The lowest BCUT2D eigenvalue weighted by atomic mass is 10.1. The number of thiazole rings is 1. The number of fused-ring (bicyclic) bond motifs is 1. The van der Waals surface area contributed by atoms with Gasteiger partial charge in [0.05, 0.1) is 28.9 Å². The lowest BCUT2D eigenvalue weighted by molar-refractivity contribution is -0.120. The molecule has 0 aliphatic rings. The summed E-state index contributed by atoms with van der Waals surface area (Å²) < 4.78 is 0.939. The summed E-state index contributed by atoms with van der Waals surface area (Å²) in [5, 5.41) is 6.10. The quantitative estimate of drug-likeness (QED) is 0.747. The molecule has 6 nitrogen and oxygen atoms in total. The Bertz CT molecular complexity index is 877. The highest BCUT2D eigenvalue weighted by Gasteiger charge is 2.08. The third-order valence-electron chi connectivity index (χ3n) is 3.29. The van der Waals surface area contributed by atoms with Crippen molar-refractivity contribution < 1.29 is 9.59 Å². The number of nitrogens with one attached hydrogen (secondary N) is 2. The molecule has 2 N–H and O–H groups in total. The maximum atomic E-state index is 12.1. The van der Waals surface area contributed by atoms with Crippen LogP contribution < -0.4 is 10.6 Å². The number of carbonyl (C=O) groups excluding carboxylic acids is 2. The van der Waals surface area contributed by atoms with E-state index < -0.39 is 0 Å². The zero-order valence-corrected chi connectivity index (χ0v) is 13.9. The van der Waals surface area contributed by atoms with E-state index in [1.165, 1.54) is 18.3 Å². The predicted molar refractivity (Wildman–Crippen MR) is 93.7 cm³/mol. The molecule has 2 aromatic heterocycles. The second-order valence-corrected chi connectivity index (χ2v) is 6.31. The summed E-state index contributed by atoms with van der Waals surface area (Å²) in [4.78, 5) is 31.6. The number of hydrogen-bond acceptors (Lipinski definition) is 5. The lowest BCUT2D eigenvalue weighted by Gasteiger charge is -2.05. The van der Waals surface area contributed by atoms with Gasteiger partial charge in [0.15, 0.2) is 5.13 Å². The molecule has 0 unspecified atom stereocenters. The topological polar surface area (TPSA) is 84.0 Å². The number of aromatic nitrogens is 2. The van der Waals surface area contributed by atoms with E-state index in [4.69, 9.17) is 0 Å². The molecule has 0 radical (unpaired) electrons. The first-order valence-electron chi connectivity index (χ1n) is 7.44. The summed E-state index contributed by atoms with van der Waals surface area (Å²) in [5.74, 6) is -0.213. The second kappa shape index (κ2) is 7.18. The number of carbonyl (C=O) groups is 2. The summed E-state index contributed by atoms with van der Waals surface area (Å²) in [5.41, 5.74) is 2.53. The van der Waals surface area contributed by atoms with Crippen molar-refractivity contribution in [2.75, 3.05) is 5.32 Å². The van der Waals surface area contributed by atoms with Gasteiger partial charge in [-0.25, -0.2) is 4.98 Å². The minimum atomic E-state index is -0.150. The zero-order valence-electron chi connectivity index (χ0n) is 13.1. The molecule has 24 heavy (non-hydrogen) atoms. The molecular weight excluding hydrogens is 324 g/mol. The molecular formula is C17H16N4O2S. The standard InChI is InChI=1S/C17H16N4O2S/c1-11(22)20-17-21-14-6-5-12(8-15(14)24-17)9-16(23)19-10-13-4-2-3-7-18-13/h2-8H,9-10H2,1H3,(H,19,23)(H,20,21,22). The average Bonchev–Trinajstić information content (AvgIpc) is 2.94. The first kappa shape index (κ1) is 16.1. The van der Waals surface area contributed by atoms with Gasteiger partial charge >= 0.3 is 0 Å². The van der Waals surface area contributed by atoms with Crippen LogP contribution in [0.5, 0.6) is 0 Å². The first-order valence-corrected chi connectivity index (χ1v) is 8.25. The Hall–Kier alpha value is -2.80. The normalized spacial score (nSPS) is 10.5. The Morgan fingerprint density at radius 3 is 2.83 bits per heavy atom. The summed E-state index contributed by atoms with van der Waals surface area (Å²) in [6, 6.07) is 11.3. The molecule has 0 fully saturated rings. The molecule has 0 bridgehead atoms. The Labute approximate surface area is 142 Å². The fraction of sp³-hybridized carbons (Fsp3) is 0.176. The molecule has 3 rings (SSSR count). The summed E-state index contributed by atoms with van der Waals surface area (Å²) in [7, 11) is 0. The van der Waals surface area contributed by atoms with E-state index in [1.807, 2.05) is 36.4 Å². The van der Waals surface area contributed by atoms with Crippen molar-refractivity contribution in [1.82, 2.24) is 15.3 Å². The number of amides is 2. The van der Waals surface area contributed by atoms with Gasteiger partial charge in [-0.1, -0.05) is 23.5 Å². The van der Waals surface area contributed by atoms with Crippen LogP contribution in [-0.2, 0) is 22.6 Å². The highest BCUT2D eigenvalue weighted by Crippen LogP contribution is 2.26. The van der Waals surface area contributed by atoms with Gasteiger partial charge in [0, 0.05) is 13.1 Å². The minimum Gasteiger partial charge on any atom is -0.350 e. The van der Waals surface area contributed by atoms with E-state index in [0.717, 1.165) is 21.5 Å². The van der Waals surface area contributed by atoms with Gasteiger partial charge in [0.25, 0.3) is 0 Å². The average molecular weight is 340 g/mol. The monoisotopic (exact) mass is 340 g/mol. The van der Waals surface area contributed by atoms with E-state index in [-0.39, 0.29) is 18.2 Å². The van der Waals surface area contributed by atoms with Crippen LogP contribution in [-0.4, -0.2) is 21.8 Å². The van der Waals surface area contributed by atoms with Crippen LogP contribution in [0, 0.1) is 0 Å². The minimum absolute atomic E-state index is 0.0633. The van der Waals surface area contributed by atoms with Crippen LogP contribution in [0.2, 0.25) is 0 Å². The van der Waals surface area contributed by atoms with Crippen molar-refractivity contribution in [3.05, 3.63) is 53.9 Å². The van der Waals surface area contributed by atoms with E-state index in [1.54, 1.807) is 6.20 Å². The van der Waals surface area contributed by atoms with Gasteiger partial charge in [-0.15, -0.1) is 0 Å². The van der Waals surface area contributed by atoms with Gasteiger partial charge in [-0.05, 0) is 29.8 Å². The molecule has 0 aliphatic heterocycles.